The number of methoxy groups -OCH3 is 1. The minimum absolute atomic E-state index is 0.0105. The standard InChI is InChI=1S/C26H21BrO5/c1-15-12-21-23(13-16(15)2)32-25(18-6-10-20(30-3)11-7-18)26(24(21)29)31-14-22(28)17-4-8-19(27)9-5-17/h4-13H,14H2,1-3H3. The van der Waals surface area contributed by atoms with Crippen LogP contribution in [0.1, 0.15) is 21.5 Å². The van der Waals surface area contributed by atoms with Crippen LogP contribution < -0.4 is 14.9 Å². The van der Waals surface area contributed by atoms with Gasteiger partial charge in [-0.15, -0.1) is 0 Å². The smallest absolute Gasteiger partial charge is 0.235 e. The van der Waals surface area contributed by atoms with Crippen molar-refractivity contribution in [2.45, 2.75) is 13.8 Å². The highest BCUT2D eigenvalue weighted by Gasteiger charge is 2.20. The SMILES string of the molecule is COc1ccc(-c2oc3cc(C)c(C)cc3c(=O)c2OCC(=O)c2ccc(Br)cc2)cc1. The molecule has 0 spiro atoms. The van der Waals surface area contributed by atoms with Gasteiger partial charge in [-0.3, -0.25) is 9.59 Å². The molecule has 0 aliphatic heterocycles. The third kappa shape index (κ3) is 4.32. The van der Waals surface area contributed by atoms with Crippen molar-refractivity contribution in [3.8, 4) is 22.8 Å². The third-order valence-electron chi connectivity index (χ3n) is 5.33. The summed E-state index contributed by atoms with van der Waals surface area (Å²) in [6, 6.07) is 17.7. The normalized spacial score (nSPS) is 10.9. The largest absolute Gasteiger partial charge is 0.497 e. The summed E-state index contributed by atoms with van der Waals surface area (Å²) >= 11 is 3.35. The molecule has 0 fully saturated rings. The molecule has 0 saturated heterocycles. The number of hydrogen-bond acceptors (Lipinski definition) is 5. The minimum atomic E-state index is -0.316. The number of ether oxygens (including phenoxy) is 2. The number of hydrogen-bond donors (Lipinski definition) is 0. The molecule has 0 N–H and O–H groups in total. The van der Waals surface area contributed by atoms with Crippen LogP contribution >= 0.6 is 15.9 Å². The first-order valence-electron chi connectivity index (χ1n) is 10.0. The summed E-state index contributed by atoms with van der Waals surface area (Å²) in [5.74, 6) is 0.724. The molecular weight excluding hydrogens is 472 g/mol. The van der Waals surface area contributed by atoms with E-state index in [2.05, 4.69) is 15.9 Å². The van der Waals surface area contributed by atoms with Crippen LogP contribution in [0, 0.1) is 13.8 Å². The zero-order valence-corrected chi connectivity index (χ0v) is 19.5. The Morgan fingerprint density at radius 1 is 0.969 bits per heavy atom. The van der Waals surface area contributed by atoms with Gasteiger partial charge < -0.3 is 13.9 Å². The average molecular weight is 493 g/mol. The van der Waals surface area contributed by atoms with Crippen LogP contribution in [0.2, 0.25) is 0 Å². The molecule has 0 amide bonds. The molecule has 6 heteroatoms. The molecule has 1 heterocycles. The summed E-state index contributed by atoms with van der Waals surface area (Å²) in [7, 11) is 1.58. The Labute approximate surface area is 193 Å². The molecule has 4 rings (SSSR count). The fraction of sp³-hybridized carbons (Fsp3) is 0.154. The molecule has 0 bridgehead atoms. The predicted molar refractivity (Wildman–Crippen MR) is 128 cm³/mol. The van der Waals surface area contributed by atoms with Gasteiger partial charge in [-0.1, -0.05) is 28.1 Å². The molecule has 0 aliphatic carbocycles. The van der Waals surface area contributed by atoms with Gasteiger partial charge >= 0.3 is 0 Å². The van der Waals surface area contributed by atoms with Crippen molar-refractivity contribution in [2.75, 3.05) is 13.7 Å². The molecular formula is C26H21BrO5. The van der Waals surface area contributed by atoms with Gasteiger partial charge in [0.15, 0.2) is 18.2 Å². The first kappa shape index (κ1) is 21.8. The van der Waals surface area contributed by atoms with Crippen molar-refractivity contribution < 1.29 is 18.7 Å². The van der Waals surface area contributed by atoms with Crippen LogP contribution in [0.3, 0.4) is 0 Å². The van der Waals surface area contributed by atoms with Crippen molar-refractivity contribution in [2.24, 2.45) is 0 Å². The Balaban J connectivity index is 1.79. The number of benzene rings is 3. The molecule has 1 aromatic heterocycles. The van der Waals surface area contributed by atoms with E-state index in [1.807, 2.05) is 19.9 Å². The number of rotatable bonds is 6. The molecule has 0 radical (unpaired) electrons. The molecule has 0 aliphatic rings. The molecule has 0 unspecified atom stereocenters. The van der Waals surface area contributed by atoms with Gasteiger partial charge in [-0.2, -0.15) is 0 Å². The fourth-order valence-corrected chi connectivity index (χ4v) is 3.62. The summed E-state index contributed by atoms with van der Waals surface area (Å²) in [6.07, 6.45) is 0. The van der Waals surface area contributed by atoms with E-state index in [9.17, 15) is 9.59 Å². The number of aryl methyl sites for hydroxylation is 2. The van der Waals surface area contributed by atoms with Gasteiger partial charge in [-0.05, 0) is 73.5 Å². The van der Waals surface area contributed by atoms with E-state index in [1.54, 1.807) is 61.7 Å². The fourth-order valence-electron chi connectivity index (χ4n) is 3.35. The predicted octanol–water partition coefficient (Wildman–Crippen LogP) is 6.11. The highest BCUT2D eigenvalue weighted by molar-refractivity contribution is 9.10. The summed E-state index contributed by atoms with van der Waals surface area (Å²) < 4.78 is 18.0. The van der Waals surface area contributed by atoms with E-state index in [4.69, 9.17) is 13.9 Å². The monoisotopic (exact) mass is 492 g/mol. The van der Waals surface area contributed by atoms with Gasteiger partial charge in [0.1, 0.15) is 11.3 Å². The van der Waals surface area contributed by atoms with Crippen molar-refractivity contribution in [1.82, 2.24) is 0 Å². The summed E-state index contributed by atoms with van der Waals surface area (Å²) in [4.78, 5) is 26.0. The lowest BCUT2D eigenvalue weighted by Crippen LogP contribution is -2.17. The number of carbonyl (C=O) groups excluding carboxylic acids is 1. The van der Waals surface area contributed by atoms with Crippen molar-refractivity contribution in [3.05, 3.63) is 92.1 Å². The number of carbonyl (C=O) groups is 1. The zero-order chi connectivity index (χ0) is 22.8. The minimum Gasteiger partial charge on any atom is -0.497 e. The number of ketones is 1. The highest BCUT2D eigenvalue weighted by Crippen LogP contribution is 2.33. The number of Topliss-reactive ketones (excluding diaryl/α,β-unsaturated/α-hetero) is 1. The maximum atomic E-state index is 13.4. The second-order valence-electron chi connectivity index (χ2n) is 7.47. The van der Waals surface area contributed by atoms with Crippen LogP contribution in [0.5, 0.6) is 11.5 Å². The molecule has 32 heavy (non-hydrogen) atoms. The van der Waals surface area contributed by atoms with Crippen molar-refractivity contribution in [1.29, 1.82) is 0 Å². The van der Waals surface area contributed by atoms with Crippen LogP contribution in [0.4, 0.5) is 0 Å². The first-order chi connectivity index (χ1) is 15.4. The molecule has 4 aromatic rings. The maximum absolute atomic E-state index is 13.4. The van der Waals surface area contributed by atoms with Crippen molar-refractivity contribution in [3.63, 3.8) is 0 Å². The average Bonchev–Trinajstić information content (AvgIpc) is 2.80. The van der Waals surface area contributed by atoms with Crippen LogP contribution in [0.25, 0.3) is 22.3 Å². The number of fused-ring (bicyclic) bond motifs is 1. The van der Waals surface area contributed by atoms with Crippen LogP contribution in [-0.2, 0) is 0 Å². The lowest BCUT2D eigenvalue weighted by Gasteiger charge is -2.13. The lowest BCUT2D eigenvalue weighted by molar-refractivity contribution is 0.0920. The Bertz CT molecular complexity index is 1350. The first-order valence-corrected chi connectivity index (χ1v) is 10.8. The van der Waals surface area contributed by atoms with E-state index in [0.29, 0.717) is 27.8 Å². The van der Waals surface area contributed by atoms with Crippen LogP contribution in [0.15, 0.2) is 74.3 Å². The Kier molecular flexibility index (Phi) is 6.15. The quantitative estimate of drug-likeness (QED) is 0.303. The zero-order valence-electron chi connectivity index (χ0n) is 17.9. The van der Waals surface area contributed by atoms with Gasteiger partial charge in [0.25, 0.3) is 0 Å². The summed E-state index contributed by atoms with van der Waals surface area (Å²) in [5, 5.41) is 0.413. The van der Waals surface area contributed by atoms with Crippen LogP contribution in [-0.4, -0.2) is 19.5 Å². The van der Waals surface area contributed by atoms with E-state index < -0.39 is 0 Å². The highest BCUT2D eigenvalue weighted by atomic mass is 79.9. The van der Waals surface area contributed by atoms with E-state index in [-0.39, 0.29) is 29.3 Å². The Hall–Kier alpha value is -3.38. The van der Waals surface area contributed by atoms with E-state index >= 15 is 0 Å². The lowest BCUT2D eigenvalue weighted by atomic mass is 10.0. The summed E-state index contributed by atoms with van der Waals surface area (Å²) in [6.45, 7) is 3.61. The molecule has 0 saturated carbocycles. The van der Waals surface area contributed by atoms with E-state index in [1.165, 1.54) is 0 Å². The van der Waals surface area contributed by atoms with Gasteiger partial charge in [0, 0.05) is 15.6 Å². The second kappa shape index (κ2) is 9.01. The third-order valence-corrected chi connectivity index (χ3v) is 5.86. The van der Waals surface area contributed by atoms with Crippen molar-refractivity contribution >= 4 is 32.7 Å². The number of halogens is 1. The maximum Gasteiger partial charge on any atom is 0.235 e. The molecule has 162 valence electrons. The Morgan fingerprint density at radius 2 is 1.62 bits per heavy atom. The molecule has 3 aromatic carbocycles. The van der Waals surface area contributed by atoms with Gasteiger partial charge in [0.05, 0.1) is 12.5 Å². The topological polar surface area (TPSA) is 65.7 Å². The second-order valence-corrected chi connectivity index (χ2v) is 8.38. The summed E-state index contributed by atoms with van der Waals surface area (Å²) in [5.41, 5.74) is 3.28. The molecule has 5 nitrogen and oxygen atoms in total. The Morgan fingerprint density at radius 3 is 2.28 bits per heavy atom. The molecule has 0 atom stereocenters. The van der Waals surface area contributed by atoms with Gasteiger partial charge in [-0.25, -0.2) is 0 Å². The van der Waals surface area contributed by atoms with E-state index in [0.717, 1.165) is 15.6 Å². The van der Waals surface area contributed by atoms with Gasteiger partial charge in [0.2, 0.25) is 11.2 Å².